The van der Waals surface area contributed by atoms with Crippen LogP contribution in [0.2, 0.25) is 0 Å². The Balaban J connectivity index is 1.61. The summed E-state index contributed by atoms with van der Waals surface area (Å²) in [7, 11) is 1.33. The van der Waals surface area contributed by atoms with Crippen molar-refractivity contribution in [1.29, 1.82) is 0 Å². The van der Waals surface area contributed by atoms with Gasteiger partial charge in [0.2, 0.25) is 5.13 Å². The van der Waals surface area contributed by atoms with Crippen LogP contribution in [0.4, 0.5) is 5.13 Å². The predicted octanol–water partition coefficient (Wildman–Crippen LogP) is 3.36. The molecule has 0 saturated heterocycles. The van der Waals surface area contributed by atoms with Gasteiger partial charge in [0.05, 0.1) is 12.9 Å². The fourth-order valence-electron chi connectivity index (χ4n) is 2.25. The highest BCUT2D eigenvalue weighted by Crippen LogP contribution is 2.27. The van der Waals surface area contributed by atoms with Gasteiger partial charge in [-0.05, 0) is 18.4 Å². The van der Waals surface area contributed by atoms with E-state index in [1.54, 1.807) is 6.92 Å². The van der Waals surface area contributed by atoms with Crippen LogP contribution in [-0.4, -0.2) is 41.0 Å². The molecule has 3 rings (SSSR count). The molecule has 9 heteroatoms. The Morgan fingerprint density at radius 1 is 1.19 bits per heavy atom. The second-order valence-corrected chi connectivity index (χ2v) is 7.66. The number of amides is 1. The molecule has 0 aliphatic heterocycles. The number of aromatic nitrogens is 2. The number of rotatable bonds is 7. The van der Waals surface area contributed by atoms with Gasteiger partial charge in [0.15, 0.2) is 10.4 Å². The lowest BCUT2D eigenvalue weighted by Gasteiger charge is -2.15. The summed E-state index contributed by atoms with van der Waals surface area (Å²) in [6.45, 7) is 1.67. The number of anilines is 1. The highest BCUT2D eigenvalue weighted by atomic mass is 32.2. The molecule has 0 unspecified atom stereocenters. The normalized spacial score (nSPS) is 11.8. The first kappa shape index (κ1) is 19.1. The Morgan fingerprint density at radius 3 is 2.78 bits per heavy atom. The van der Waals surface area contributed by atoms with Crippen LogP contribution in [0.1, 0.15) is 6.92 Å². The Kier molecular flexibility index (Phi) is 6.25. The second-order valence-electron chi connectivity index (χ2n) is 5.46. The van der Waals surface area contributed by atoms with Crippen LogP contribution in [0.3, 0.4) is 0 Å². The van der Waals surface area contributed by atoms with E-state index in [0.29, 0.717) is 15.2 Å². The fraction of sp³-hybridized carbons (Fsp3) is 0.222. The summed E-state index contributed by atoms with van der Waals surface area (Å²) >= 11 is 2.39. The number of hydrogen-bond donors (Lipinski definition) is 1. The first-order valence-corrected chi connectivity index (χ1v) is 9.85. The lowest BCUT2D eigenvalue weighted by molar-refractivity contribution is -0.137. The predicted molar refractivity (Wildman–Crippen MR) is 105 cm³/mol. The van der Waals surface area contributed by atoms with Crippen molar-refractivity contribution in [2.24, 2.45) is 0 Å². The van der Waals surface area contributed by atoms with Gasteiger partial charge in [0, 0.05) is 5.39 Å². The lowest BCUT2D eigenvalue weighted by Crippen LogP contribution is -2.30. The molecule has 140 valence electrons. The van der Waals surface area contributed by atoms with Crippen LogP contribution in [0, 0.1) is 0 Å². The average molecular weight is 403 g/mol. The molecule has 0 bridgehead atoms. The number of nitrogens with zero attached hydrogens (tertiary/aromatic N) is 2. The largest absolute Gasteiger partial charge is 0.480 e. The van der Waals surface area contributed by atoms with E-state index in [9.17, 15) is 9.59 Å². The van der Waals surface area contributed by atoms with Gasteiger partial charge in [-0.15, -0.1) is 10.2 Å². The second kappa shape index (κ2) is 8.83. The molecule has 0 aliphatic rings. The van der Waals surface area contributed by atoms with E-state index >= 15 is 0 Å². The minimum absolute atomic E-state index is 0.139. The van der Waals surface area contributed by atoms with Crippen LogP contribution < -0.4 is 10.1 Å². The number of ether oxygens (including phenoxy) is 2. The number of fused-ring (bicyclic) bond motifs is 1. The number of thioether (sulfide) groups is 1. The zero-order valence-electron chi connectivity index (χ0n) is 14.7. The van der Waals surface area contributed by atoms with Crippen molar-refractivity contribution < 1.29 is 19.1 Å². The summed E-state index contributed by atoms with van der Waals surface area (Å²) < 4.78 is 11.0. The third-order valence-corrected chi connectivity index (χ3v) is 5.55. The van der Waals surface area contributed by atoms with Crippen molar-refractivity contribution in [1.82, 2.24) is 10.2 Å². The summed E-state index contributed by atoms with van der Waals surface area (Å²) in [6, 6.07) is 13.5. The minimum atomic E-state index is -0.717. The summed E-state index contributed by atoms with van der Waals surface area (Å²) in [6.07, 6.45) is -0.717. The molecule has 1 amide bonds. The number of benzene rings is 2. The average Bonchev–Trinajstić information content (AvgIpc) is 3.13. The zero-order chi connectivity index (χ0) is 19.2. The van der Waals surface area contributed by atoms with Gasteiger partial charge in [-0.1, -0.05) is 59.5 Å². The number of carbonyl (C=O) groups excluding carboxylic acids is 2. The number of nitrogens with one attached hydrogen (secondary N) is 1. The Morgan fingerprint density at radius 2 is 1.96 bits per heavy atom. The molecule has 3 aromatic rings. The summed E-state index contributed by atoms with van der Waals surface area (Å²) in [5.41, 5.74) is 0. The molecule has 0 aliphatic carbocycles. The third-order valence-electron chi connectivity index (χ3n) is 3.60. The molecule has 0 saturated carbocycles. The van der Waals surface area contributed by atoms with Crippen LogP contribution in [0.15, 0.2) is 46.8 Å². The van der Waals surface area contributed by atoms with Crippen LogP contribution >= 0.6 is 23.1 Å². The van der Waals surface area contributed by atoms with Crippen molar-refractivity contribution >= 4 is 50.9 Å². The zero-order valence-corrected chi connectivity index (χ0v) is 16.3. The lowest BCUT2D eigenvalue weighted by atomic mass is 10.1. The molecular formula is C18H17N3O4S2. The Labute approximate surface area is 164 Å². The number of esters is 1. The van der Waals surface area contributed by atoms with Crippen molar-refractivity contribution in [2.75, 3.05) is 18.2 Å². The molecule has 1 N–H and O–H groups in total. The molecule has 0 spiro atoms. The van der Waals surface area contributed by atoms with E-state index in [4.69, 9.17) is 4.74 Å². The molecule has 2 aromatic carbocycles. The van der Waals surface area contributed by atoms with E-state index in [0.717, 1.165) is 10.8 Å². The maximum atomic E-state index is 12.4. The number of methoxy groups -OCH3 is 1. The van der Waals surface area contributed by atoms with E-state index in [-0.39, 0.29) is 17.6 Å². The Bertz CT molecular complexity index is 955. The molecule has 27 heavy (non-hydrogen) atoms. The molecule has 7 nitrogen and oxygen atoms in total. The van der Waals surface area contributed by atoms with Gasteiger partial charge in [-0.2, -0.15) is 0 Å². The number of hydrogen-bond acceptors (Lipinski definition) is 8. The standard InChI is InChI=1S/C18H17N3O4S2/c1-11(25-14-9-5-7-12-6-3-4-8-13(12)14)16(23)19-17-20-21-18(27-17)26-10-15(22)24-2/h3-9,11H,10H2,1-2H3,(H,19,20,23)/t11-/m0/s1. The Hall–Kier alpha value is -2.65. The van der Waals surface area contributed by atoms with Crippen LogP contribution in [0.25, 0.3) is 10.8 Å². The van der Waals surface area contributed by atoms with Gasteiger partial charge < -0.3 is 9.47 Å². The molecular weight excluding hydrogens is 386 g/mol. The van der Waals surface area contributed by atoms with Gasteiger partial charge in [-0.25, -0.2) is 0 Å². The summed E-state index contributed by atoms with van der Waals surface area (Å²) in [4.78, 5) is 23.5. The first-order chi connectivity index (χ1) is 13.1. The summed E-state index contributed by atoms with van der Waals surface area (Å²) in [5, 5.41) is 12.8. The number of carbonyl (C=O) groups is 2. The first-order valence-electron chi connectivity index (χ1n) is 8.05. The smallest absolute Gasteiger partial charge is 0.316 e. The van der Waals surface area contributed by atoms with E-state index in [1.807, 2.05) is 42.5 Å². The van der Waals surface area contributed by atoms with Crippen LogP contribution in [-0.2, 0) is 14.3 Å². The van der Waals surface area contributed by atoms with Gasteiger partial charge >= 0.3 is 5.97 Å². The molecule has 1 aromatic heterocycles. The minimum Gasteiger partial charge on any atom is -0.480 e. The molecule has 0 radical (unpaired) electrons. The molecule has 0 fully saturated rings. The maximum absolute atomic E-state index is 12.4. The third kappa shape index (κ3) is 4.95. The van der Waals surface area contributed by atoms with Gasteiger partial charge in [-0.3, -0.25) is 14.9 Å². The SMILES string of the molecule is COC(=O)CSc1nnc(NC(=O)[C@H](C)Oc2cccc3ccccc23)s1. The van der Waals surface area contributed by atoms with Crippen LogP contribution in [0.5, 0.6) is 5.75 Å². The van der Waals surface area contributed by atoms with Crippen molar-refractivity contribution in [3.63, 3.8) is 0 Å². The van der Waals surface area contributed by atoms with Crippen molar-refractivity contribution in [3.05, 3.63) is 42.5 Å². The van der Waals surface area contributed by atoms with Crippen molar-refractivity contribution in [2.45, 2.75) is 17.4 Å². The summed E-state index contributed by atoms with van der Waals surface area (Å²) in [5.74, 6) is 0.100. The monoisotopic (exact) mass is 403 g/mol. The van der Waals surface area contributed by atoms with E-state index < -0.39 is 6.10 Å². The highest BCUT2D eigenvalue weighted by Gasteiger charge is 2.18. The van der Waals surface area contributed by atoms with Crippen molar-refractivity contribution in [3.8, 4) is 5.75 Å². The molecule has 1 heterocycles. The van der Waals surface area contributed by atoms with E-state index in [1.165, 1.54) is 30.2 Å². The maximum Gasteiger partial charge on any atom is 0.316 e. The van der Waals surface area contributed by atoms with E-state index in [2.05, 4.69) is 20.3 Å². The topological polar surface area (TPSA) is 90.4 Å². The van der Waals surface area contributed by atoms with Gasteiger partial charge in [0.25, 0.3) is 5.91 Å². The highest BCUT2D eigenvalue weighted by molar-refractivity contribution is 8.01. The van der Waals surface area contributed by atoms with Gasteiger partial charge in [0.1, 0.15) is 5.75 Å². The fourth-order valence-corrected chi connectivity index (χ4v) is 3.83. The quantitative estimate of drug-likeness (QED) is 0.367. The molecule has 1 atom stereocenters.